The lowest BCUT2D eigenvalue weighted by Crippen LogP contribution is -2.31. The van der Waals surface area contributed by atoms with Crippen molar-refractivity contribution in [3.05, 3.63) is 76.8 Å². The van der Waals surface area contributed by atoms with Gasteiger partial charge >= 0.3 is 0 Å². The molecule has 0 bridgehead atoms. The van der Waals surface area contributed by atoms with Crippen LogP contribution in [0, 0.1) is 12.8 Å². The van der Waals surface area contributed by atoms with Gasteiger partial charge in [-0.3, -0.25) is 9.69 Å². The largest absolute Gasteiger partial charge is 0.293 e. The molecule has 2 aromatic carbocycles. The van der Waals surface area contributed by atoms with Crippen LogP contribution in [-0.2, 0) is 4.79 Å². The highest BCUT2D eigenvalue weighted by atomic mass is 32.2. The predicted octanol–water partition coefficient (Wildman–Crippen LogP) is 5.70. The monoisotopic (exact) mass is 433 g/mol. The molecule has 1 fully saturated rings. The molecule has 3 aromatic rings. The van der Waals surface area contributed by atoms with Gasteiger partial charge in [-0.2, -0.15) is 5.10 Å². The van der Waals surface area contributed by atoms with E-state index in [2.05, 4.69) is 45.0 Å². The number of amides is 1. The summed E-state index contributed by atoms with van der Waals surface area (Å²) in [6, 6.07) is 18.2. The number of aryl methyl sites for hydroxylation is 1. The van der Waals surface area contributed by atoms with Gasteiger partial charge < -0.3 is 0 Å². The van der Waals surface area contributed by atoms with Gasteiger partial charge in [0.05, 0.1) is 16.3 Å². The number of nitrogens with zero attached hydrogens (tertiary/aromatic N) is 3. The second kappa shape index (κ2) is 8.58. The standard InChI is InChI=1S/C24H23N3OS2/c1-16(2)14-26-23(28)21(30-24(26)29)13-19-15-27(20-7-5-4-6-8-20)25-22(19)18-11-9-17(3)10-12-18/h4-13,15-16H,14H2,1-3H3/b21-13+. The molecule has 1 aliphatic heterocycles. The smallest absolute Gasteiger partial charge is 0.266 e. The maximum absolute atomic E-state index is 12.9. The molecule has 2 heterocycles. The fourth-order valence-corrected chi connectivity index (χ4v) is 4.57. The first-order chi connectivity index (χ1) is 14.4. The molecule has 1 saturated heterocycles. The number of carbonyl (C=O) groups excluding carboxylic acids is 1. The summed E-state index contributed by atoms with van der Waals surface area (Å²) in [5.41, 5.74) is 4.91. The van der Waals surface area contributed by atoms with Crippen LogP contribution < -0.4 is 0 Å². The summed E-state index contributed by atoms with van der Waals surface area (Å²) in [5.74, 6) is 0.330. The van der Waals surface area contributed by atoms with Gasteiger partial charge in [0.1, 0.15) is 4.32 Å². The molecule has 30 heavy (non-hydrogen) atoms. The number of carbonyl (C=O) groups is 1. The van der Waals surface area contributed by atoms with Gasteiger partial charge in [0.15, 0.2) is 0 Å². The molecule has 0 saturated carbocycles. The Bertz CT molecular complexity index is 1120. The van der Waals surface area contributed by atoms with Crippen molar-refractivity contribution in [2.75, 3.05) is 6.54 Å². The highest BCUT2D eigenvalue weighted by molar-refractivity contribution is 8.26. The zero-order valence-electron chi connectivity index (χ0n) is 17.2. The van der Waals surface area contributed by atoms with Crippen LogP contribution in [0.15, 0.2) is 65.7 Å². The summed E-state index contributed by atoms with van der Waals surface area (Å²) in [4.78, 5) is 15.3. The number of benzene rings is 2. The van der Waals surface area contributed by atoms with Crippen molar-refractivity contribution in [1.82, 2.24) is 14.7 Å². The van der Waals surface area contributed by atoms with Gasteiger partial charge in [0.25, 0.3) is 5.91 Å². The number of hydrogen-bond acceptors (Lipinski definition) is 4. The molecule has 6 heteroatoms. The van der Waals surface area contributed by atoms with E-state index < -0.39 is 0 Å². The van der Waals surface area contributed by atoms with E-state index in [1.165, 1.54) is 17.3 Å². The van der Waals surface area contributed by atoms with Crippen molar-refractivity contribution in [2.24, 2.45) is 5.92 Å². The third-order valence-corrected chi connectivity index (χ3v) is 6.17. The fourth-order valence-electron chi connectivity index (χ4n) is 3.31. The van der Waals surface area contributed by atoms with Gasteiger partial charge in [-0.15, -0.1) is 0 Å². The van der Waals surface area contributed by atoms with Crippen LogP contribution in [0.3, 0.4) is 0 Å². The van der Waals surface area contributed by atoms with Crippen molar-refractivity contribution < 1.29 is 4.79 Å². The molecule has 1 aliphatic rings. The van der Waals surface area contributed by atoms with Crippen molar-refractivity contribution >= 4 is 40.3 Å². The summed E-state index contributed by atoms with van der Waals surface area (Å²) in [6.45, 7) is 6.87. The van der Waals surface area contributed by atoms with E-state index in [-0.39, 0.29) is 5.91 Å². The zero-order valence-corrected chi connectivity index (χ0v) is 18.8. The minimum Gasteiger partial charge on any atom is -0.293 e. The molecule has 152 valence electrons. The highest BCUT2D eigenvalue weighted by Gasteiger charge is 2.32. The maximum atomic E-state index is 12.9. The minimum atomic E-state index is -0.0268. The van der Waals surface area contributed by atoms with Gasteiger partial charge in [0, 0.05) is 23.9 Å². The van der Waals surface area contributed by atoms with E-state index in [1.807, 2.05) is 47.3 Å². The number of thiocarbonyl (C=S) groups is 1. The second-order valence-electron chi connectivity index (χ2n) is 7.77. The van der Waals surface area contributed by atoms with Crippen molar-refractivity contribution in [1.29, 1.82) is 0 Å². The molecule has 1 amide bonds. The zero-order chi connectivity index (χ0) is 21.3. The van der Waals surface area contributed by atoms with Gasteiger partial charge in [0.2, 0.25) is 0 Å². The maximum Gasteiger partial charge on any atom is 0.266 e. The fraction of sp³-hybridized carbons (Fsp3) is 0.208. The normalized spacial score (nSPS) is 15.6. The number of rotatable bonds is 5. The van der Waals surface area contributed by atoms with Crippen molar-refractivity contribution in [3.63, 3.8) is 0 Å². The summed E-state index contributed by atoms with van der Waals surface area (Å²) in [6.07, 6.45) is 3.89. The third-order valence-electron chi connectivity index (χ3n) is 4.80. The van der Waals surface area contributed by atoms with E-state index >= 15 is 0 Å². The molecule has 4 rings (SSSR count). The van der Waals surface area contributed by atoms with E-state index in [9.17, 15) is 4.79 Å². The molecule has 0 radical (unpaired) electrons. The topological polar surface area (TPSA) is 38.1 Å². The number of hydrogen-bond donors (Lipinski definition) is 0. The lowest BCUT2D eigenvalue weighted by atomic mass is 10.1. The highest BCUT2D eigenvalue weighted by Crippen LogP contribution is 2.35. The number of aromatic nitrogens is 2. The number of para-hydroxylation sites is 1. The average molecular weight is 434 g/mol. The van der Waals surface area contributed by atoms with Gasteiger partial charge in [-0.1, -0.05) is 85.9 Å². The Hall–Kier alpha value is -2.70. The van der Waals surface area contributed by atoms with Crippen LogP contribution in [0.2, 0.25) is 0 Å². The van der Waals surface area contributed by atoms with E-state index in [1.54, 1.807) is 4.90 Å². The van der Waals surface area contributed by atoms with E-state index in [4.69, 9.17) is 17.3 Å². The summed E-state index contributed by atoms with van der Waals surface area (Å²) >= 11 is 6.82. The average Bonchev–Trinajstić information content (AvgIpc) is 3.26. The molecule has 1 aromatic heterocycles. The SMILES string of the molecule is Cc1ccc(-c2nn(-c3ccccc3)cc2/C=C2/SC(=S)N(CC(C)C)C2=O)cc1. The van der Waals surface area contributed by atoms with Crippen LogP contribution in [0.5, 0.6) is 0 Å². The first-order valence-corrected chi connectivity index (χ1v) is 11.1. The summed E-state index contributed by atoms with van der Waals surface area (Å²) in [7, 11) is 0. The van der Waals surface area contributed by atoms with Crippen LogP contribution in [0.25, 0.3) is 23.0 Å². The number of thioether (sulfide) groups is 1. The van der Waals surface area contributed by atoms with Crippen LogP contribution in [0.1, 0.15) is 25.0 Å². The lowest BCUT2D eigenvalue weighted by Gasteiger charge is -2.16. The molecule has 4 nitrogen and oxygen atoms in total. The Kier molecular flexibility index (Phi) is 5.88. The lowest BCUT2D eigenvalue weighted by molar-refractivity contribution is -0.122. The summed E-state index contributed by atoms with van der Waals surface area (Å²) < 4.78 is 2.47. The van der Waals surface area contributed by atoms with Crippen LogP contribution in [-0.4, -0.2) is 31.5 Å². The molecule has 0 aliphatic carbocycles. The molecular weight excluding hydrogens is 410 g/mol. The Balaban J connectivity index is 1.78. The van der Waals surface area contributed by atoms with Gasteiger partial charge in [-0.05, 0) is 31.1 Å². The van der Waals surface area contributed by atoms with E-state index in [0.717, 1.165) is 22.5 Å². The molecule has 0 atom stereocenters. The molecule has 0 spiro atoms. The van der Waals surface area contributed by atoms with E-state index in [0.29, 0.717) is 21.7 Å². The second-order valence-corrected chi connectivity index (χ2v) is 9.44. The minimum absolute atomic E-state index is 0.0268. The van der Waals surface area contributed by atoms with Crippen LogP contribution in [0.4, 0.5) is 0 Å². The Labute approximate surface area is 186 Å². The van der Waals surface area contributed by atoms with Crippen LogP contribution >= 0.6 is 24.0 Å². The quantitative estimate of drug-likeness (QED) is 0.382. The van der Waals surface area contributed by atoms with Crippen molar-refractivity contribution in [2.45, 2.75) is 20.8 Å². The molecular formula is C24H23N3OS2. The molecule has 0 N–H and O–H groups in total. The first kappa shape index (κ1) is 20.6. The van der Waals surface area contributed by atoms with Gasteiger partial charge in [-0.25, -0.2) is 4.68 Å². The Morgan fingerprint density at radius 1 is 1.10 bits per heavy atom. The predicted molar refractivity (Wildman–Crippen MR) is 128 cm³/mol. The Morgan fingerprint density at radius 3 is 2.47 bits per heavy atom. The Morgan fingerprint density at radius 2 is 1.80 bits per heavy atom. The summed E-state index contributed by atoms with van der Waals surface area (Å²) in [5, 5.41) is 4.84. The third kappa shape index (κ3) is 4.25. The molecule has 0 unspecified atom stereocenters. The van der Waals surface area contributed by atoms with Crippen molar-refractivity contribution in [3.8, 4) is 16.9 Å². The first-order valence-electron chi connectivity index (χ1n) is 9.90.